The predicted molar refractivity (Wildman–Crippen MR) is 116 cm³/mol. The third-order valence-corrected chi connectivity index (χ3v) is 5.36. The van der Waals surface area contributed by atoms with E-state index in [1.807, 2.05) is 42.7 Å². The molecule has 9 heteroatoms. The molecule has 1 heterocycles. The summed E-state index contributed by atoms with van der Waals surface area (Å²) < 4.78 is 17.9. The molecular weight excluding hydrogens is 404 g/mol. The molecule has 0 unspecified atom stereocenters. The molecule has 158 valence electrons. The van der Waals surface area contributed by atoms with Crippen LogP contribution in [-0.4, -0.2) is 47.8 Å². The van der Waals surface area contributed by atoms with Crippen molar-refractivity contribution in [3.05, 3.63) is 47.8 Å². The summed E-state index contributed by atoms with van der Waals surface area (Å²) in [6.45, 7) is 3.92. The van der Waals surface area contributed by atoms with E-state index in [4.69, 9.17) is 14.2 Å². The van der Waals surface area contributed by atoms with Crippen molar-refractivity contribution in [3.8, 4) is 22.9 Å². The van der Waals surface area contributed by atoms with Crippen molar-refractivity contribution in [2.45, 2.75) is 19.0 Å². The third kappa shape index (κ3) is 4.51. The number of aryl methyl sites for hydroxylation is 2. The molecule has 0 saturated carbocycles. The van der Waals surface area contributed by atoms with Gasteiger partial charge in [0.25, 0.3) is 0 Å². The number of hydrogen-bond acceptors (Lipinski definition) is 7. The van der Waals surface area contributed by atoms with Crippen LogP contribution in [0.15, 0.2) is 41.6 Å². The minimum Gasteiger partial charge on any atom is -0.493 e. The second kappa shape index (κ2) is 9.53. The molecule has 0 atom stereocenters. The number of benzene rings is 2. The average molecular weight is 429 g/mol. The smallest absolute Gasteiger partial charge is 0.234 e. The van der Waals surface area contributed by atoms with Crippen LogP contribution in [0.25, 0.3) is 5.69 Å². The van der Waals surface area contributed by atoms with Gasteiger partial charge < -0.3 is 19.5 Å². The van der Waals surface area contributed by atoms with E-state index >= 15 is 0 Å². The number of ether oxygens (including phenoxy) is 3. The molecular formula is C21H24N4O4S. The number of methoxy groups -OCH3 is 3. The van der Waals surface area contributed by atoms with Crippen LogP contribution in [-0.2, 0) is 4.79 Å². The maximum Gasteiger partial charge on any atom is 0.234 e. The van der Waals surface area contributed by atoms with E-state index in [2.05, 4.69) is 15.5 Å². The van der Waals surface area contributed by atoms with Crippen molar-refractivity contribution >= 4 is 23.4 Å². The van der Waals surface area contributed by atoms with E-state index in [1.54, 1.807) is 12.1 Å². The first kappa shape index (κ1) is 21.5. The summed E-state index contributed by atoms with van der Waals surface area (Å²) >= 11 is 1.32. The van der Waals surface area contributed by atoms with Crippen molar-refractivity contribution in [2.75, 3.05) is 32.4 Å². The molecule has 0 aliphatic rings. The third-order valence-electron chi connectivity index (χ3n) is 4.43. The molecule has 0 fully saturated rings. The fourth-order valence-electron chi connectivity index (χ4n) is 3.01. The number of para-hydroxylation sites is 1. The molecule has 1 amide bonds. The van der Waals surface area contributed by atoms with Crippen LogP contribution >= 0.6 is 11.8 Å². The molecule has 1 aromatic heterocycles. The van der Waals surface area contributed by atoms with Gasteiger partial charge in [-0.3, -0.25) is 9.36 Å². The summed E-state index contributed by atoms with van der Waals surface area (Å²) in [5.41, 5.74) is 2.64. The van der Waals surface area contributed by atoms with Gasteiger partial charge in [-0.15, -0.1) is 10.2 Å². The van der Waals surface area contributed by atoms with Crippen LogP contribution in [0.2, 0.25) is 0 Å². The molecule has 0 aliphatic heterocycles. The van der Waals surface area contributed by atoms with Crippen molar-refractivity contribution < 1.29 is 19.0 Å². The van der Waals surface area contributed by atoms with Gasteiger partial charge in [0.05, 0.1) is 32.8 Å². The molecule has 2 aromatic carbocycles. The van der Waals surface area contributed by atoms with Crippen LogP contribution < -0.4 is 19.5 Å². The lowest BCUT2D eigenvalue weighted by Crippen LogP contribution is -2.15. The van der Waals surface area contributed by atoms with Gasteiger partial charge in [0.15, 0.2) is 16.7 Å². The van der Waals surface area contributed by atoms with E-state index in [0.717, 1.165) is 17.1 Å². The van der Waals surface area contributed by atoms with Crippen LogP contribution in [0.3, 0.4) is 0 Å². The number of anilines is 1. The van der Waals surface area contributed by atoms with Gasteiger partial charge in [0.2, 0.25) is 11.7 Å². The van der Waals surface area contributed by atoms with Crippen LogP contribution in [0.5, 0.6) is 17.2 Å². The fourth-order valence-corrected chi connectivity index (χ4v) is 3.80. The lowest BCUT2D eigenvalue weighted by atomic mass is 10.2. The largest absolute Gasteiger partial charge is 0.493 e. The molecule has 0 saturated heterocycles. The molecule has 1 N–H and O–H groups in total. The van der Waals surface area contributed by atoms with E-state index < -0.39 is 0 Å². The number of amides is 1. The standard InChI is InChI=1S/C21H24N4O4S/c1-13-8-6-7-9-16(13)25-14(2)23-24-21(25)30-12-19(26)22-15-10-17(27-3)20(29-5)18(11-15)28-4/h6-11H,12H2,1-5H3,(H,22,26). The number of nitrogens with one attached hydrogen (secondary N) is 1. The molecule has 3 aromatic rings. The highest BCUT2D eigenvalue weighted by Crippen LogP contribution is 2.40. The summed E-state index contributed by atoms with van der Waals surface area (Å²) in [6.07, 6.45) is 0. The molecule has 0 bridgehead atoms. The summed E-state index contributed by atoms with van der Waals surface area (Å²) in [5.74, 6) is 2.14. The van der Waals surface area contributed by atoms with Gasteiger partial charge >= 0.3 is 0 Å². The van der Waals surface area contributed by atoms with Gasteiger partial charge in [0.1, 0.15) is 5.82 Å². The maximum atomic E-state index is 12.6. The first-order valence-corrected chi connectivity index (χ1v) is 10.2. The Hall–Kier alpha value is -3.20. The van der Waals surface area contributed by atoms with Gasteiger partial charge in [-0.2, -0.15) is 0 Å². The first-order chi connectivity index (χ1) is 14.5. The van der Waals surface area contributed by atoms with Gasteiger partial charge in [-0.05, 0) is 25.5 Å². The zero-order chi connectivity index (χ0) is 21.7. The number of carbonyl (C=O) groups is 1. The lowest BCUT2D eigenvalue weighted by molar-refractivity contribution is -0.113. The van der Waals surface area contributed by atoms with Crippen molar-refractivity contribution in [3.63, 3.8) is 0 Å². The Morgan fingerprint density at radius 1 is 1.03 bits per heavy atom. The normalized spacial score (nSPS) is 10.6. The quantitative estimate of drug-likeness (QED) is 0.548. The van der Waals surface area contributed by atoms with Crippen molar-refractivity contribution in [2.24, 2.45) is 0 Å². The highest BCUT2D eigenvalue weighted by atomic mass is 32.2. The number of hydrogen-bond donors (Lipinski definition) is 1. The second-order valence-corrected chi connectivity index (χ2v) is 7.35. The van der Waals surface area contributed by atoms with E-state index in [9.17, 15) is 4.79 Å². The van der Waals surface area contributed by atoms with Crippen LogP contribution in [0.1, 0.15) is 11.4 Å². The number of carbonyl (C=O) groups excluding carboxylic acids is 1. The Bertz CT molecular complexity index is 1030. The van der Waals surface area contributed by atoms with E-state index in [1.165, 1.54) is 33.1 Å². The number of nitrogens with zero attached hydrogens (tertiary/aromatic N) is 3. The maximum absolute atomic E-state index is 12.6. The highest BCUT2D eigenvalue weighted by Gasteiger charge is 2.17. The minimum atomic E-state index is -0.189. The van der Waals surface area contributed by atoms with Gasteiger partial charge in [0, 0.05) is 17.8 Å². The Labute approximate surface area is 179 Å². The molecule has 8 nitrogen and oxygen atoms in total. The molecule has 30 heavy (non-hydrogen) atoms. The zero-order valence-corrected chi connectivity index (χ0v) is 18.4. The van der Waals surface area contributed by atoms with Crippen molar-refractivity contribution in [1.82, 2.24) is 14.8 Å². The Morgan fingerprint density at radius 3 is 2.30 bits per heavy atom. The Balaban J connectivity index is 1.74. The minimum absolute atomic E-state index is 0.167. The summed E-state index contributed by atoms with van der Waals surface area (Å²) in [5, 5.41) is 11.9. The average Bonchev–Trinajstić information content (AvgIpc) is 3.12. The van der Waals surface area contributed by atoms with Crippen molar-refractivity contribution in [1.29, 1.82) is 0 Å². The van der Waals surface area contributed by atoms with Gasteiger partial charge in [-0.1, -0.05) is 30.0 Å². The first-order valence-electron chi connectivity index (χ1n) is 9.19. The Morgan fingerprint density at radius 2 is 1.70 bits per heavy atom. The number of rotatable bonds is 8. The highest BCUT2D eigenvalue weighted by molar-refractivity contribution is 7.99. The fraction of sp³-hybridized carbons (Fsp3) is 0.286. The van der Waals surface area contributed by atoms with E-state index in [-0.39, 0.29) is 11.7 Å². The zero-order valence-electron chi connectivity index (χ0n) is 17.6. The van der Waals surface area contributed by atoms with E-state index in [0.29, 0.717) is 28.1 Å². The lowest BCUT2D eigenvalue weighted by Gasteiger charge is -2.14. The molecule has 0 spiro atoms. The Kier molecular flexibility index (Phi) is 6.83. The molecule has 0 aliphatic carbocycles. The van der Waals surface area contributed by atoms with Gasteiger partial charge in [-0.25, -0.2) is 0 Å². The summed E-state index contributed by atoms with van der Waals surface area (Å²) in [7, 11) is 4.58. The predicted octanol–water partition coefficient (Wildman–Crippen LogP) is 3.64. The summed E-state index contributed by atoms with van der Waals surface area (Å²) in [6, 6.07) is 11.4. The van der Waals surface area contributed by atoms with Crippen LogP contribution in [0, 0.1) is 13.8 Å². The second-order valence-electron chi connectivity index (χ2n) is 6.40. The van der Waals surface area contributed by atoms with Crippen LogP contribution in [0.4, 0.5) is 5.69 Å². The SMILES string of the molecule is COc1cc(NC(=O)CSc2nnc(C)n2-c2ccccc2C)cc(OC)c1OC. The summed E-state index contributed by atoms with van der Waals surface area (Å²) in [4.78, 5) is 12.6. The molecule has 0 radical (unpaired) electrons. The number of aromatic nitrogens is 3. The monoisotopic (exact) mass is 428 g/mol. The molecule has 3 rings (SSSR count). The number of thioether (sulfide) groups is 1. The topological polar surface area (TPSA) is 87.5 Å².